The highest BCUT2D eigenvalue weighted by atomic mass is 19.1. The van der Waals surface area contributed by atoms with Gasteiger partial charge in [-0.2, -0.15) is 0 Å². The molecule has 0 saturated carbocycles. The van der Waals surface area contributed by atoms with Gasteiger partial charge in [-0.05, 0) is 143 Å². The average Bonchev–Trinajstić information content (AvgIpc) is 1.59. The van der Waals surface area contributed by atoms with E-state index in [1.807, 2.05) is 88.4 Å². The van der Waals surface area contributed by atoms with Crippen molar-refractivity contribution in [1.29, 1.82) is 0 Å². The van der Waals surface area contributed by atoms with E-state index in [2.05, 4.69) is 26.6 Å². The van der Waals surface area contributed by atoms with Crippen LogP contribution in [-0.4, -0.2) is 157 Å². The van der Waals surface area contributed by atoms with Crippen LogP contribution >= 0.6 is 0 Å². The molecule has 10 N–H and O–H groups in total. The number of alkyl carbamates (subject to hydrolysis) is 1. The van der Waals surface area contributed by atoms with Gasteiger partial charge in [0.15, 0.2) is 11.7 Å². The van der Waals surface area contributed by atoms with Crippen LogP contribution in [0, 0.1) is 12.7 Å². The van der Waals surface area contributed by atoms with E-state index < -0.39 is 119 Å². The lowest BCUT2D eigenvalue weighted by Crippen LogP contribution is -2.61. The number of hydrogen-bond donors (Lipinski definition) is 10. The number of methoxy groups -OCH3 is 1. The molecule has 6 aromatic rings. The van der Waals surface area contributed by atoms with Crippen molar-refractivity contribution in [2.75, 3.05) is 31.7 Å². The Balaban J connectivity index is 0.751. The predicted octanol–water partition coefficient (Wildman–Crippen LogP) is 6.10. The Kier molecular flexibility index (Phi) is 24.1. The van der Waals surface area contributed by atoms with E-state index in [-0.39, 0.29) is 123 Å². The molecule has 0 radical (unpaired) electrons. The van der Waals surface area contributed by atoms with Crippen molar-refractivity contribution in [2.45, 2.75) is 205 Å². The molecule has 6 amide bonds. The number of benzene rings is 4. The third-order valence-electron chi connectivity index (χ3n) is 20.6. The molecule has 0 unspecified atom stereocenters. The number of nitrogens with zero attached hydrogens (tertiary/aromatic N) is 3. The van der Waals surface area contributed by atoms with E-state index in [1.165, 1.54) is 34.9 Å². The second kappa shape index (κ2) is 33.0. The molecule has 0 bridgehead atoms. The molecule has 107 heavy (non-hydrogen) atoms. The highest BCUT2D eigenvalue weighted by Gasteiger charge is 2.49. The maximum absolute atomic E-state index is 15.7. The number of nitrogens with one attached hydrogen (secondary N) is 5. The summed E-state index contributed by atoms with van der Waals surface area (Å²) in [6, 6.07) is 20.4. The van der Waals surface area contributed by atoms with Gasteiger partial charge in [-0.15, -0.1) is 0 Å². The molecule has 4 aliphatic heterocycles. The fourth-order valence-corrected chi connectivity index (χ4v) is 14.0. The summed E-state index contributed by atoms with van der Waals surface area (Å²) in [7, 11) is 1.62. The number of carboxylic acid groups (broad SMARTS) is 1. The number of aliphatic hydroxyl groups excluding tert-OH is 3. The molecule has 1 fully saturated rings. The van der Waals surface area contributed by atoms with Gasteiger partial charge in [0.1, 0.15) is 49.1 Å². The largest absolute Gasteiger partial charge is 0.479 e. The monoisotopic (exact) mass is 1480 g/mol. The van der Waals surface area contributed by atoms with Crippen LogP contribution in [0.5, 0.6) is 5.75 Å². The number of carbonyl (C=O) groups excluding carboxylic acids is 7. The molecule has 2 aromatic heterocycles. The van der Waals surface area contributed by atoms with Crippen molar-refractivity contribution < 1.29 is 96.7 Å². The topological polar surface area (TPSA) is 391 Å². The van der Waals surface area contributed by atoms with Gasteiger partial charge in [0.25, 0.3) is 5.56 Å². The number of aliphatic carboxylic acids is 1. The van der Waals surface area contributed by atoms with Crippen LogP contribution in [0.3, 0.4) is 0 Å². The van der Waals surface area contributed by atoms with Gasteiger partial charge in [0.05, 0.1) is 65.1 Å². The van der Waals surface area contributed by atoms with Gasteiger partial charge < -0.3 is 90.0 Å². The molecular weight excluding hydrogens is 1390 g/mol. The Morgan fingerprint density at radius 2 is 1.53 bits per heavy atom. The molecule has 8 atom stereocenters. The molecule has 4 aromatic carbocycles. The molecule has 11 rings (SSSR count). The number of aryl methyl sites for hydroxylation is 1. The summed E-state index contributed by atoms with van der Waals surface area (Å²) in [5.74, 6) is -5.68. The maximum Gasteiger partial charge on any atom is 0.407 e. The lowest BCUT2D eigenvalue weighted by molar-refractivity contribution is -0.271. The standard InChI is InChI=1S/C78H91FN8O20/c1-8-78(101)51-34-57-65-49(39-87(57)71(96)50(51)41-103-74(78)99)64-53(25-24-48-42(2)52(79)35-54(84-65)63(48)64)85-75(100)104-40-43-21-26-58(106-73-68(94)66(92)67(93)69(107-73)72(97)98)47(33-43)36-81-60(89)28-31-80-70(95)55(37-82-59(88)27-29-77(5,6)105-32-30-76(3,4)102-7)83-61(90)19-13-14-20-62(91)86-38-46-17-10-9-15-44(46)22-23-45-16-11-12-18-56(45)86/h9-12,15-18,21-23,26,33-35,53,55,66-69,73,92-94,101H,8,13-14,19-20,24-25,27-32,36-41H2,1-7H3,(H,80,95)(H,81,89)(H,82,88)(H,83,90)(H,85,100)(H,97,98)/b23-22-/t53-,55-,66-,67-,68+,69-,73+,78-/m0/s1. The van der Waals surface area contributed by atoms with Gasteiger partial charge in [0.2, 0.25) is 35.8 Å². The summed E-state index contributed by atoms with van der Waals surface area (Å²) in [5.41, 5.74) is 3.44. The number of pyridine rings is 2. The number of cyclic esters (lactones) is 1. The van der Waals surface area contributed by atoms with Crippen molar-refractivity contribution in [3.05, 3.63) is 156 Å². The van der Waals surface area contributed by atoms with Crippen molar-refractivity contribution in [3.8, 4) is 17.1 Å². The van der Waals surface area contributed by atoms with Crippen LogP contribution in [0.15, 0.2) is 83.7 Å². The number of unbranched alkanes of at least 4 members (excludes halogenated alkanes) is 1. The molecule has 6 heterocycles. The Hall–Kier alpha value is -10.0. The van der Waals surface area contributed by atoms with Crippen molar-refractivity contribution in [3.63, 3.8) is 0 Å². The first-order valence-corrected chi connectivity index (χ1v) is 35.9. The van der Waals surface area contributed by atoms with E-state index in [4.69, 9.17) is 33.4 Å². The van der Waals surface area contributed by atoms with Crippen LogP contribution in [0.25, 0.3) is 34.4 Å². The fourth-order valence-electron chi connectivity index (χ4n) is 14.0. The zero-order chi connectivity index (χ0) is 76.8. The minimum atomic E-state index is -2.11. The number of para-hydroxylation sites is 1. The minimum Gasteiger partial charge on any atom is -0.479 e. The predicted molar refractivity (Wildman–Crippen MR) is 386 cm³/mol. The van der Waals surface area contributed by atoms with Crippen LogP contribution in [-0.2, 0) is 102 Å². The van der Waals surface area contributed by atoms with Gasteiger partial charge in [-0.1, -0.05) is 67.6 Å². The van der Waals surface area contributed by atoms with Crippen LogP contribution in [0.4, 0.5) is 14.9 Å². The number of halogens is 1. The lowest BCUT2D eigenvalue weighted by Gasteiger charge is -2.38. The zero-order valence-electron chi connectivity index (χ0n) is 60.7. The van der Waals surface area contributed by atoms with Gasteiger partial charge in [-0.25, -0.2) is 23.8 Å². The minimum absolute atomic E-state index is 0.0141. The number of aliphatic hydroxyl groups is 4. The smallest absolute Gasteiger partial charge is 0.407 e. The molecule has 0 spiro atoms. The number of aromatic nitrogens is 2. The second-order valence-electron chi connectivity index (χ2n) is 28.8. The summed E-state index contributed by atoms with van der Waals surface area (Å²) < 4.78 is 51.2. The van der Waals surface area contributed by atoms with E-state index in [0.29, 0.717) is 72.0 Å². The van der Waals surface area contributed by atoms with E-state index in [1.54, 1.807) is 25.9 Å². The summed E-state index contributed by atoms with van der Waals surface area (Å²) in [5, 5.41) is 67.7. The highest BCUT2D eigenvalue weighted by Crippen LogP contribution is 2.46. The number of hydrogen-bond acceptors (Lipinski definition) is 20. The number of rotatable bonds is 29. The van der Waals surface area contributed by atoms with E-state index in [0.717, 1.165) is 22.4 Å². The summed E-state index contributed by atoms with van der Waals surface area (Å²) >= 11 is 0. The average molecular weight is 1480 g/mol. The number of anilines is 1. The quantitative estimate of drug-likeness (QED) is 0.0187. The second-order valence-corrected chi connectivity index (χ2v) is 28.8. The first-order chi connectivity index (χ1) is 51.0. The SMILES string of the molecule is CC[C@@]1(O)C(=O)OCc2c1cc1n(c2=O)Cc2c-1nc1cc(F)c(C)c3c1c2[C@@H](NC(=O)OCc1ccc(O[C@@H]2O[C@H](C(=O)O)[C@@H](O)[C@H](O)[C@H]2O)c(CNC(=O)CCNC(=O)[C@H](CNC(=O)CCC(C)(C)OCCC(C)(C)OC)NC(=O)CCCCC(=O)N2Cc4ccccc4/C=C\c4ccccc42)c1)CC3. The number of esters is 1. The Bertz CT molecular complexity index is 4540. The number of carbonyl (C=O) groups is 8. The van der Waals surface area contributed by atoms with E-state index in [9.17, 15) is 68.7 Å². The van der Waals surface area contributed by atoms with Crippen molar-refractivity contribution in [2.24, 2.45) is 0 Å². The Morgan fingerprint density at radius 1 is 0.804 bits per heavy atom. The lowest BCUT2D eigenvalue weighted by atomic mass is 9.81. The van der Waals surface area contributed by atoms with Crippen molar-refractivity contribution in [1.82, 2.24) is 36.1 Å². The number of amides is 6. The molecule has 29 heteroatoms. The molecule has 570 valence electrons. The summed E-state index contributed by atoms with van der Waals surface area (Å²) in [6.45, 7) is 9.75. The molecule has 5 aliphatic rings. The van der Waals surface area contributed by atoms with E-state index >= 15 is 4.39 Å². The van der Waals surface area contributed by atoms with Crippen LogP contribution < -0.4 is 41.8 Å². The zero-order valence-corrected chi connectivity index (χ0v) is 60.7. The van der Waals surface area contributed by atoms with Gasteiger partial charge >= 0.3 is 18.0 Å². The maximum atomic E-state index is 15.7. The van der Waals surface area contributed by atoms with Gasteiger partial charge in [-0.3, -0.25) is 28.8 Å². The first kappa shape index (κ1) is 78.1. The van der Waals surface area contributed by atoms with Crippen LogP contribution in [0.2, 0.25) is 0 Å². The molecule has 28 nitrogen and oxygen atoms in total. The number of ether oxygens (including phenoxy) is 6. The Labute approximate surface area is 616 Å². The fraction of sp³-hybridized carbons (Fsp3) is 0.462. The molecular formula is C78H91FN8O20. The molecule has 1 saturated heterocycles. The Morgan fingerprint density at radius 3 is 2.29 bits per heavy atom. The summed E-state index contributed by atoms with van der Waals surface area (Å²) in [4.78, 5) is 129. The highest BCUT2D eigenvalue weighted by molar-refractivity contribution is 5.98. The first-order valence-electron chi connectivity index (χ1n) is 35.9. The van der Waals surface area contributed by atoms with Crippen molar-refractivity contribution >= 4 is 76.3 Å². The summed E-state index contributed by atoms with van der Waals surface area (Å²) in [6.07, 6.45) is -5.15. The number of carboxylic acids is 1. The number of fused-ring (bicyclic) bond motifs is 7. The third kappa shape index (κ3) is 17.5. The third-order valence-corrected chi connectivity index (χ3v) is 20.6. The van der Waals surface area contributed by atoms with Crippen LogP contribution in [0.1, 0.15) is 166 Å². The molecule has 1 aliphatic carbocycles. The van der Waals surface area contributed by atoms with Gasteiger partial charge in [0, 0.05) is 80.6 Å². The normalized spacial score (nSPS) is 20.4.